The second kappa shape index (κ2) is 3.85. The Morgan fingerprint density at radius 3 is 1.82 bits per heavy atom. The summed E-state index contributed by atoms with van der Waals surface area (Å²) in [6.07, 6.45) is 0.190. The molecule has 0 aliphatic heterocycles. The first-order valence-electron chi connectivity index (χ1n) is 3.27. The lowest BCUT2D eigenvalue weighted by Gasteiger charge is -2.07. The molecule has 0 heterocycles. The van der Waals surface area contributed by atoms with Gasteiger partial charge < -0.3 is 0 Å². The van der Waals surface area contributed by atoms with Gasteiger partial charge in [-0.05, 0) is 0 Å². The van der Waals surface area contributed by atoms with E-state index in [0.717, 1.165) is 0 Å². The maximum atomic E-state index is 10.2. The predicted octanol–water partition coefficient (Wildman–Crippen LogP) is 0.707. The van der Waals surface area contributed by atoms with Crippen molar-refractivity contribution in [3.8, 4) is 0 Å². The highest BCUT2D eigenvalue weighted by molar-refractivity contribution is 4.61. The Kier molecular flexibility index (Phi) is 3.43. The highest BCUT2D eigenvalue weighted by atomic mass is 16.6. The van der Waals surface area contributed by atoms with Crippen LogP contribution in [0.4, 0.5) is 0 Å². The third-order valence-corrected chi connectivity index (χ3v) is 1.58. The number of nitrogens with zero attached hydrogens (tertiary/aromatic N) is 2. The summed E-state index contributed by atoms with van der Waals surface area (Å²) in [5.41, 5.74) is 0. The zero-order valence-electron chi connectivity index (χ0n) is 6.39. The van der Waals surface area contributed by atoms with Gasteiger partial charge in [0.2, 0.25) is 0 Å². The summed E-state index contributed by atoms with van der Waals surface area (Å²) >= 11 is 0. The first kappa shape index (κ1) is 9.80. The number of hydrogen-bond acceptors (Lipinski definition) is 4. The molecule has 2 atom stereocenters. The maximum Gasteiger partial charge on any atom is 0.278 e. The lowest BCUT2D eigenvalue weighted by Crippen LogP contribution is -2.36. The predicted molar refractivity (Wildman–Crippen MR) is 37.5 cm³/mol. The zero-order valence-corrected chi connectivity index (χ0v) is 6.39. The molecule has 0 amide bonds. The number of hydrogen-bond donors (Lipinski definition) is 0. The van der Waals surface area contributed by atoms with Crippen LogP contribution in [0, 0.1) is 20.2 Å². The monoisotopic (exact) mass is 162 g/mol. The van der Waals surface area contributed by atoms with E-state index >= 15 is 0 Å². The van der Waals surface area contributed by atoms with Crippen LogP contribution in [0.5, 0.6) is 0 Å². The van der Waals surface area contributed by atoms with Crippen LogP contribution in [-0.4, -0.2) is 21.9 Å². The van der Waals surface area contributed by atoms with Gasteiger partial charge in [0.25, 0.3) is 12.1 Å². The highest BCUT2D eigenvalue weighted by Gasteiger charge is 2.34. The third kappa shape index (κ3) is 2.48. The Balaban J connectivity index is 4.25. The van der Waals surface area contributed by atoms with Crippen molar-refractivity contribution in [3.05, 3.63) is 20.2 Å². The fourth-order valence-electron chi connectivity index (χ4n) is 0.807. The molecule has 0 N–H and O–H groups in total. The van der Waals surface area contributed by atoms with Crippen LogP contribution in [0.1, 0.15) is 20.3 Å². The van der Waals surface area contributed by atoms with E-state index in [1.807, 2.05) is 0 Å². The Morgan fingerprint density at radius 1 is 1.27 bits per heavy atom. The van der Waals surface area contributed by atoms with Crippen molar-refractivity contribution in [1.82, 2.24) is 0 Å². The van der Waals surface area contributed by atoms with E-state index in [2.05, 4.69) is 0 Å². The molecule has 0 rings (SSSR count). The molecule has 0 saturated heterocycles. The van der Waals surface area contributed by atoms with Crippen molar-refractivity contribution >= 4 is 0 Å². The molecule has 0 radical (unpaired) electrons. The molecule has 64 valence electrons. The van der Waals surface area contributed by atoms with Gasteiger partial charge in [-0.3, -0.25) is 20.2 Å². The smallest absolute Gasteiger partial charge is 0.264 e. The van der Waals surface area contributed by atoms with E-state index in [1.165, 1.54) is 6.92 Å². The first-order valence-corrected chi connectivity index (χ1v) is 3.27. The fourth-order valence-corrected chi connectivity index (χ4v) is 0.807. The molecule has 0 aromatic carbocycles. The van der Waals surface area contributed by atoms with Crippen LogP contribution in [0.15, 0.2) is 0 Å². The summed E-state index contributed by atoms with van der Waals surface area (Å²) in [6, 6.07) is -2.17. The molecule has 0 bridgehead atoms. The summed E-state index contributed by atoms with van der Waals surface area (Å²) in [6.45, 7) is 2.81. The van der Waals surface area contributed by atoms with Gasteiger partial charge in [-0.1, -0.05) is 6.92 Å². The second-order valence-electron chi connectivity index (χ2n) is 2.29. The van der Waals surface area contributed by atoms with Crippen molar-refractivity contribution in [2.24, 2.45) is 0 Å². The Morgan fingerprint density at radius 2 is 1.73 bits per heavy atom. The molecule has 0 saturated carbocycles. The van der Waals surface area contributed by atoms with E-state index in [0.29, 0.717) is 0 Å². The minimum atomic E-state index is -1.10. The molecule has 0 fully saturated rings. The van der Waals surface area contributed by atoms with Gasteiger partial charge in [-0.2, -0.15) is 0 Å². The van der Waals surface area contributed by atoms with Gasteiger partial charge in [0.1, 0.15) is 0 Å². The van der Waals surface area contributed by atoms with Gasteiger partial charge in [0.05, 0.1) is 0 Å². The lowest BCUT2D eigenvalue weighted by molar-refractivity contribution is -0.614. The van der Waals surface area contributed by atoms with Crippen molar-refractivity contribution in [1.29, 1.82) is 0 Å². The molecule has 0 aromatic rings. The van der Waals surface area contributed by atoms with Crippen LogP contribution in [-0.2, 0) is 0 Å². The minimum Gasteiger partial charge on any atom is -0.264 e. The standard InChI is InChI=1S/C5H10N2O4/c1-3-5(7(10)11)4(2)6(8)9/h4-5H,3H2,1-2H3. The molecule has 0 aliphatic carbocycles. The van der Waals surface area contributed by atoms with Crippen LogP contribution >= 0.6 is 0 Å². The summed E-state index contributed by atoms with van der Waals surface area (Å²) in [4.78, 5) is 19.1. The van der Waals surface area contributed by atoms with Gasteiger partial charge in [0, 0.05) is 23.2 Å². The molecule has 6 nitrogen and oxygen atoms in total. The van der Waals surface area contributed by atoms with Gasteiger partial charge in [0.15, 0.2) is 0 Å². The summed E-state index contributed by atoms with van der Waals surface area (Å²) < 4.78 is 0. The summed E-state index contributed by atoms with van der Waals surface area (Å²) in [7, 11) is 0. The van der Waals surface area contributed by atoms with Crippen LogP contribution < -0.4 is 0 Å². The maximum absolute atomic E-state index is 10.2. The Labute approximate surface area is 63.5 Å². The van der Waals surface area contributed by atoms with Crippen molar-refractivity contribution < 1.29 is 9.85 Å². The molecule has 11 heavy (non-hydrogen) atoms. The minimum absolute atomic E-state index is 0.190. The first-order chi connectivity index (χ1) is 5.00. The molecule has 6 heteroatoms. The average Bonchev–Trinajstić information content (AvgIpc) is 1.88. The van der Waals surface area contributed by atoms with Crippen molar-refractivity contribution in [2.75, 3.05) is 0 Å². The summed E-state index contributed by atoms with van der Waals surface area (Å²) in [5, 5.41) is 20.3. The Hall–Kier alpha value is -1.20. The average molecular weight is 162 g/mol. The SMILES string of the molecule is CCC(C(C)[N+](=O)[O-])[N+](=O)[O-]. The molecule has 0 spiro atoms. The Bertz CT molecular complexity index is 170. The molecular weight excluding hydrogens is 152 g/mol. The molecule has 2 unspecified atom stereocenters. The lowest BCUT2D eigenvalue weighted by atomic mass is 10.1. The van der Waals surface area contributed by atoms with Crippen molar-refractivity contribution in [3.63, 3.8) is 0 Å². The second-order valence-corrected chi connectivity index (χ2v) is 2.29. The quantitative estimate of drug-likeness (QED) is 0.449. The van der Waals surface area contributed by atoms with Crippen LogP contribution in [0.3, 0.4) is 0 Å². The van der Waals surface area contributed by atoms with Crippen molar-refractivity contribution in [2.45, 2.75) is 32.4 Å². The normalized spacial score (nSPS) is 15.5. The molecule has 0 aromatic heterocycles. The van der Waals surface area contributed by atoms with E-state index in [4.69, 9.17) is 0 Å². The van der Waals surface area contributed by atoms with E-state index < -0.39 is 21.9 Å². The fraction of sp³-hybridized carbons (Fsp3) is 1.00. The largest absolute Gasteiger partial charge is 0.278 e. The summed E-state index contributed by atoms with van der Waals surface area (Å²) in [5.74, 6) is 0. The third-order valence-electron chi connectivity index (χ3n) is 1.58. The molecular formula is C5H10N2O4. The number of nitro groups is 2. The van der Waals surface area contributed by atoms with Crippen LogP contribution in [0.25, 0.3) is 0 Å². The van der Waals surface area contributed by atoms with Gasteiger partial charge >= 0.3 is 0 Å². The highest BCUT2D eigenvalue weighted by Crippen LogP contribution is 2.05. The van der Waals surface area contributed by atoms with Gasteiger partial charge in [-0.15, -0.1) is 0 Å². The van der Waals surface area contributed by atoms with Crippen LogP contribution in [0.2, 0.25) is 0 Å². The molecule has 0 aliphatic rings. The van der Waals surface area contributed by atoms with E-state index in [9.17, 15) is 20.2 Å². The zero-order chi connectivity index (χ0) is 9.02. The van der Waals surface area contributed by atoms with E-state index in [1.54, 1.807) is 6.92 Å². The number of rotatable bonds is 4. The topological polar surface area (TPSA) is 86.3 Å². The van der Waals surface area contributed by atoms with E-state index in [-0.39, 0.29) is 6.42 Å². The van der Waals surface area contributed by atoms with Gasteiger partial charge in [-0.25, -0.2) is 0 Å².